The van der Waals surface area contributed by atoms with Crippen molar-refractivity contribution in [3.05, 3.63) is 65.0 Å². The maximum absolute atomic E-state index is 13.6. The summed E-state index contributed by atoms with van der Waals surface area (Å²) in [5, 5.41) is 18.0. The zero-order valence-electron chi connectivity index (χ0n) is 12.2. The van der Waals surface area contributed by atoms with Gasteiger partial charge in [0, 0.05) is 5.46 Å². The normalized spacial score (nSPS) is 10.7. The van der Waals surface area contributed by atoms with Gasteiger partial charge in [-0.25, -0.2) is 4.39 Å². The third-order valence-electron chi connectivity index (χ3n) is 3.61. The molecule has 0 saturated heterocycles. The van der Waals surface area contributed by atoms with Gasteiger partial charge in [0.05, 0.1) is 0 Å². The Balaban J connectivity index is 1.98. The Morgan fingerprint density at radius 2 is 1.38 bits per heavy atom. The molecule has 2 N–H and O–H groups in total. The Labute approximate surface area is 125 Å². The lowest BCUT2D eigenvalue weighted by Gasteiger charge is -2.06. The summed E-state index contributed by atoms with van der Waals surface area (Å²) in [6.45, 7) is 2.16. The van der Waals surface area contributed by atoms with Gasteiger partial charge in [0.1, 0.15) is 5.82 Å². The van der Waals surface area contributed by atoms with Crippen LogP contribution in [0.4, 0.5) is 4.39 Å². The second-order valence-electron chi connectivity index (χ2n) is 5.30. The smallest absolute Gasteiger partial charge is 0.423 e. The molecule has 2 rings (SSSR count). The molecule has 2 nitrogen and oxygen atoms in total. The predicted octanol–water partition coefficient (Wildman–Crippen LogP) is 2.24. The first kappa shape index (κ1) is 15.7. The average Bonchev–Trinajstić information content (AvgIpc) is 2.46. The van der Waals surface area contributed by atoms with Gasteiger partial charge in [-0.05, 0) is 42.0 Å². The van der Waals surface area contributed by atoms with Crippen molar-refractivity contribution in [3.63, 3.8) is 0 Å². The lowest BCUT2D eigenvalue weighted by atomic mass is 9.79. The van der Waals surface area contributed by atoms with E-state index in [9.17, 15) is 4.39 Å². The van der Waals surface area contributed by atoms with Crippen LogP contribution in [0.5, 0.6) is 0 Å². The molecule has 0 atom stereocenters. The molecular weight excluding hydrogens is 266 g/mol. The molecule has 0 aromatic heterocycles. The Kier molecular flexibility index (Phi) is 5.54. The van der Waals surface area contributed by atoms with Crippen molar-refractivity contribution in [1.29, 1.82) is 0 Å². The van der Waals surface area contributed by atoms with E-state index < -0.39 is 12.9 Å². The van der Waals surface area contributed by atoms with Crippen molar-refractivity contribution in [3.8, 4) is 0 Å². The lowest BCUT2D eigenvalue weighted by Crippen LogP contribution is -2.32. The Morgan fingerprint density at radius 1 is 0.857 bits per heavy atom. The van der Waals surface area contributed by atoms with Crippen LogP contribution in [0.1, 0.15) is 30.0 Å². The molecule has 2 aromatic carbocycles. The maximum atomic E-state index is 13.6. The molecule has 4 heteroatoms. The van der Waals surface area contributed by atoms with Crippen LogP contribution in [0.15, 0.2) is 42.5 Å². The third kappa shape index (κ3) is 4.41. The molecule has 2 aromatic rings. The van der Waals surface area contributed by atoms with E-state index in [1.807, 2.05) is 0 Å². The van der Waals surface area contributed by atoms with Gasteiger partial charge >= 0.3 is 7.12 Å². The Bertz CT molecular complexity index is 582. The second-order valence-corrected chi connectivity index (χ2v) is 5.30. The molecule has 0 fully saturated rings. The van der Waals surface area contributed by atoms with Crippen LogP contribution >= 0.6 is 0 Å². The molecule has 21 heavy (non-hydrogen) atoms. The number of hydrogen-bond donors (Lipinski definition) is 2. The summed E-state index contributed by atoms with van der Waals surface area (Å²) >= 11 is 0. The van der Waals surface area contributed by atoms with Crippen molar-refractivity contribution in [1.82, 2.24) is 0 Å². The standard InChI is InChI=1S/C17H20BFO2/c1-2-3-13-4-6-14(7-5-13)8-9-15-10-11-16(18(20)21)17(19)12-15/h4-7,10-12,20-21H,2-3,8-9H2,1H3. The molecule has 110 valence electrons. The highest BCUT2D eigenvalue weighted by atomic mass is 19.1. The fraction of sp³-hybridized carbons (Fsp3) is 0.294. The quantitative estimate of drug-likeness (QED) is 0.800. The van der Waals surface area contributed by atoms with Crippen molar-refractivity contribution < 1.29 is 14.4 Å². The highest BCUT2D eigenvalue weighted by molar-refractivity contribution is 6.58. The fourth-order valence-electron chi connectivity index (χ4n) is 2.39. The van der Waals surface area contributed by atoms with E-state index in [0.29, 0.717) is 0 Å². The minimum Gasteiger partial charge on any atom is -0.423 e. The number of benzene rings is 2. The van der Waals surface area contributed by atoms with Crippen LogP contribution in [0.25, 0.3) is 0 Å². The van der Waals surface area contributed by atoms with Crippen molar-refractivity contribution >= 4 is 12.6 Å². The Morgan fingerprint density at radius 3 is 1.90 bits per heavy atom. The Hall–Kier alpha value is -1.65. The van der Waals surface area contributed by atoms with Crippen LogP contribution in [0.2, 0.25) is 0 Å². The number of halogens is 1. The maximum Gasteiger partial charge on any atom is 0.491 e. The first-order valence-corrected chi connectivity index (χ1v) is 7.32. The van der Waals surface area contributed by atoms with Gasteiger partial charge in [0.15, 0.2) is 0 Å². The largest absolute Gasteiger partial charge is 0.491 e. The van der Waals surface area contributed by atoms with Crippen LogP contribution in [-0.2, 0) is 19.3 Å². The molecule has 0 aliphatic heterocycles. The topological polar surface area (TPSA) is 40.5 Å². The summed E-state index contributed by atoms with van der Waals surface area (Å²) in [6.07, 6.45) is 3.80. The summed E-state index contributed by atoms with van der Waals surface area (Å²) < 4.78 is 13.6. The SMILES string of the molecule is CCCc1ccc(CCc2ccc(B(O)O)c(F)c2)cc1. The molecular formula is C17H20BFO2. The minimum atomic E-state index is -1.76. The summed E-state index contributed by atoms with van der Waals surface area (Å²) in [5.41, 5.74) is 3.34. The van der Waals surface area contributed by atoms with E-state index in [1.165, 1.54) is 23.3 Å². The highest BCUT2D eigenvalue weighted by Crippen LogP contribution is 2.11. The lowest BCUT2D eigenvalue weighted by molar-refractivity contribution is 0.423. The molecule has 0 aliphatic carbocycles. The number of rotatable bonds is 6. The third-order valence-corrected chi connectivity index (χ3v) is 3.61. The molecule has 0 amide bonds. The first-order chi connectivity index (χ1) is 10.1. The van der Waals surface area contributed by atoms with Crippen LogP contribution in [-0.4, -0.2) is 17.2 Å². The summed E-state index contributed by atoms with van der Waals surface area (Å²) in [4.78, 5) is 0. The molecule has 0 heterocycles. The van der Waals surface area contributed by atoms with Crippen LogP contribution in [0.3, 0.4) is 0 Å². The fourth-order valence-corrected chi connectivity index (χ4v) is 2.39. The summed E-state index contributed by atoms with van der Waals surface area (Å²) in [5.74, 6) is -0.569. The zero-order chi connectivity index (χ0) is 15.2. The van der Waals surface area contributed by atoms with Crippen LogP contribution in [0, 0.1) is 5.82 Å². The van der Waals surface area contributed by atoms with Gasteiger partial charge in [0.2, 0.25) is 0 Å². The van der Waals surface area contributed by atoms with E-state index >= 15 is 0 Å². The van der Waals surface area contributed by atoms with E-state index in [-0.39, 0.29) is 5.46 Å². The van der Waals surface area contributed by atoms with Gasteiger partial charge in [0.25, 0.3) is 0 Å². The second kappa shape index (κ2) is 7.39. The van der Waals surface area contributed by atoms with Gasteiger partial charge in [-0.1, -0.05) is 49.7 Å². The molecule has 0 unspecified atom stereocenters. The van der Waals surface area contributed by atoms with Gasteiger partial charge < -0.3 is 10.0 Å². The van der Waals surface area contributed by atoms with Crippen molar-refractivity contribution in [2.24, 2.45) is 0 Å². The van der Waals surface area contributed by atoms with Crippen LogP contribution < -0.4 is 5.46 Å². The molecule has 0 radical (unpaired) electrons. The van der Waals surface area contributed by atoms with E-state index in [4.69, 9.17) is 10.0 Å². The molecule has 0 bridgehead atoms. The molecule has 0 spiro atoms. The highest BCUT2D eigenvalue weighted by Gasteiger charge is 2.16. The number of hydrogen-bond acceptors (Lipinski definition) is 2. The summed E-state index contributed by atoms with van der Waals surface area (Å²) in [7, 11) is -1.76. The van der Waals surface area contributed by atoms with Gasteiger partial charge in [-0.3, -0.25) is 0 Å². The monoisotopic (exact) mass is 286 g/mol. The molecule has 0 saturated carbocycles. The number of aryl methyl sites for hydroxylation is 3. The van der Waals surface area contributed by atoms with E-state index in [1.54, 1.807) is 6.07 Å². The predicted molar refractivity (Wildman–Crippen MR) is 84.1 cm³/mol. The average molecular weight is 286 g/mol. The van der Waals surface area contributed by atoms with Crippen molar-refractivity contribution in [2.45, 2.75) is 32.6 Å². The first-order valence-electron chi connectivity index (χ1n) is 7.32. The molecule has 0 aliphatic rings. The zero-order valence-corrected chi connectivity index (χ0v) is 12.2. The minimum absolute atomic E-state index is 0.0809. The summed E-state index contributed by atoms with van der Waals surface area (Å²) in [6, 6.07) is 13.1. The van der Waals surface area contributed by atoms with E-state index in [0.717, 1.165) is 31.2 Å². The van der Waals surface area contributed by atoms with Gasteiger partial charge in [-0.2, -0.15) is 0 Å². The van der Waals surface area contributed by atoms with E-state index in [2.05, 4.69) is 31.2 Å². The van der Waals surface area contributed by atoms with Gasteiger partial charge in [-0.15, -0.1) is 0 Å². The van der Waals surface area contributed by atoms with Crippen molar-refractivity contribution in [2.75, 3.05) is 0 Å².